The standard InChI is InChI=1S/C15H17N3S2/c1-11(19)17-6-8-18(9-7-17)12-2-3-13-14(10-12)16-5-4-15(13)20/h2-5,10H,6-9H2,1H3,(H,16,20). The van der Waals surface area contributed by atoms with Crippen LogP contribution in [0, 0.1) is 4.51 Å². The average Bonchev–Trinajstić information content (AvgIpc) is 2.47. The first-order valence-electron chi connectivity index (χ1n) is 6.77. The molecule has 1 aromatic heterocycles. The number of hydrogen-bond donors (Lipinski definition) is 1. The number of hydrogen-bond acceptors (Lipinski definition) is 3. The number of aromatic amines is 1. The van der Waals surface area contributed by atoms with Crippen molar-refractivity contribution >= 4 is 46.0 Å². The van der Waals surface area contributed by atoms with Crippen LogP contribution in [0.3, 0.4) is 0 Å². The van der Waals surface area contributed by atoms with Gasteiger partial charge in [0.15, 0.2) is 0 Å². The Morgan fingerprint density at radius 3 is 2.60 bits per heavy atom. The van der Waals surface area contributed by atoms with E-state index in [1.807, 2.05) is 19.2 Å². The molecule has 5 heteroatoms. The van der Waals surface area contributed by atoms with Gasteiger partial charge in [-0.1, -0.05) is 24.4 Å². The third-order valence-electron chi connectivity index (χ3n) is 3.83. The van der Waals surface area contributed by atoms with Gasteiger partial charge in [0.2, 0.25) is 0 Å². The van der Waals surface area contributed by atoms with Crippen LogP contribution in [0.25, 0.3) is 10.9 Å². The Bertz CT molecular complexity index is 700. The van der Waals surface area contributed by atoms with E-state index in [4.69, 9.17) is 24.4 Å². The lowest BCUT2D eigenvalue weighted by atomic mass is 10.1. The molecule has 1 aromatic carbocycles. The van der Waals surface area contributed by atoms with Crippen LogP contribution in [0.4, 0.5) is 5.69 Å². The predicted molar refractivity (Wildman–Crippen MR) is 91.2 cm³/mol. The van der Waals surface area contributed by atoms with E-state index in [0.717, 1.165) is 46.6 Å². The summed E-state index contributed by atoms with van der Waals surface area (Å²) in [5.41, 5.74) is 2.35. The second kappa shape index (κ2) is 5.50. The Labute approximate surface area is 129 Å². The van der Waals surface area contributed by atoms with E-state index in [9.17, 15) is 0 Å². The van der Waals surface area contributed by atoms with E-state index in [0.29, 0.717) is 0 Å². The zero-order chi connectivity index (χ0) is 14.1. The summed E-state index contributed by atoms with van der Waals surface area (Å²) in [5.74, 6) is 0. The van der Waals surface area contributed by atoms with Gasteiger partial charge in [-0.3, -0.25) is 0 Å². The minimum atomic E-state index is 0.895. The highest BCUT2D eigenvalue weighted by atomic mass is 32.1. The van der Waals surface area contributed by atoms with Crippen LogP contribution in [-0.4, -0.2) is 41.1 Å². The summed E-state index contributed by atoms with van der Waals surface area (Å²) in [6, 6.07) is 8.38. The monoisotopic (exact) mass is 303 g/mol. The van der Waals surface area contributed by atoms with Gasteiger partial charge < -0.3 is 14.8 Å². The van der Waals surface area contributed by atoms with Gasteiger partial charge in [0.1, 0.15) is 0 Å². The second-order valence-corrected chi connectivity index (χ2v) is 6.10. The van der Waals surface area contributed by atoms with E-state index in [1.54, 1.807) is 0 Å². The Morgan fingerprint density at radius 1 is 1.15 bits per heavy atom. The van der Waals surface area contributed by atoms with E-state index < -0.39 is 0 Å². The van der Waals surface area contributed by atoms with Crippen molar-refractivity contribution < 1.29 is 0 Å². The highest BCUT2D eigenvalue weighted by molar-refractivity contribution is 7.80. The maximum Gasteiger partial charge on any atom is 0.0749 e. The van der Waals surface area contributed by atoms with Crippen LogP contribution in [0.2, 0.25) is 0 Å². The fraction of sp³-hybridized carbons (Fsp3) is 0.333. The van der Waals surface area contributed by atoms with Crippen LogP contribution in [0.5, 0.6) is 0 Å². The minimum Gasteiger partial charge on any atom is -0.368 e. The summed E-state index contributed by atoms with van der Waals surface area (Å²) in [7, 11) is 0. The number of pyridine rings is 1. The van der Waals surface area contributed by atoms with Crippen molar-refractivity contribution in [1.29, 1.82) is 0 Å². The Morgan fingerprint density at radius 2 is 1.90 bits per heavy atom. The molecule has 0 radical (unpaired) electrons. The molecule has 1 aliphatic rings. The third-order valence-corrected chi connectivity index (χ3v) is 4.45. The van der Waals surface area contributed by atoms with Gasteiger partial charge in [0, 0.05) is 53.5 Å². The summed E-state index contributed by atoms with van der Waals surface area (Å²) in [6.45, 7) is 6.01. The zero-order valence-corrected chi connectivity index (χ0v) is 13.1. The van der Waals surface area contributed by atoms with Crippen molar-refractivity contribution in [3.8, 4) is 0 Å². The van der Waals surface area contributed by atoms with Crippen molar-refractivity contribution in [2.24, 2.45) is 0 Å². The van der Waals surface area contributed by atoms with Crippen molar-refractivity contribution in [3.05, 3.63) is 35.0 Å². The minimum absolute atomic E-state index is 0.895. The van der Waals surface area contributed by atoms with Crippen LogP contribution in [0.1, 0.15) is 6.92 Å². The first-order chi connectivity index (χ1) is 9.65. The summed E-state index contributed by atoms with van der Waals surface area (Å²) >= 11 is 10.6. The lowest BCUT2D eigenvalue weighted by Crippen LogP contribution is -2.47. The topological polar surface area (TPSA) is 22.3 Å². The van der Waals surface area contributed by atoms with Gasteiger partial charge in [0.05, 0.1) is 4.99 Å². The molecule has 0 unspecified atom stereocenters. The smallest absolute Gasteiger partial charge is 0.0749 e. The number of nitrogens with zero attached hydrogens (tertiary/aromatic N) is 2. The molecule has 0 atom stereocenters. The quantitative estimate of drug-likeness (QED) is 0.816. The fourth-order valence-corrected chi connectivity index (χ4v) is 3.07. The number of thiocarbonyl (C=S) groups is 1. The van der Waals surface area contributed by atoms with Crippen LogP contribution >= 0.6 is 24.4 Å². The third kappa shape index (κ3) is 2.55. The normalized spacial score (nSPS) is 15.7. The molecule has 0 saturated carbocycles. The van der Waals surface area contributed by atoms with Crippen molar-refractivity contribution in [2.75, 3.05) is 31.1 Å². The van der Waals surface area contributed by atoms with Gasteiger partial charge in [-0.15, -0.1) is 0 Å². The molecule has 0 amide bonds. The predicted octanol–water partition coefficient (Wildman–Crippen LogP) is 3.37. The number of rotatable bonds is 1. The van der Waals surface area contributed by atoms with Crippen LogP contribution < -0.4 is 4.90 Å². The van der Waals surface area contributed by atoms with Gasteiger partial charge in [0.25, 0.3) is 0 Å². The molecule has 0 bridgehead atoms. The summed E-state index contributed by atoms with van der Waals surface area (Å²) < 4.78 is 0.895. The molecule has 104 valence electrons. The number of fused-ring (bicyclic) bond motifs is 1. The molecule has 2 heterocycles. The van der Waals surface area contributed by atoms with Gasteiger partial charge in [-0.05, 0) is 31.2 Å². The Balaban J connectivity index is 1.85. The first-order valence-corrected chi connectivity index (χ1v) is 7.59. The number of aromatic nitrogens is 1. The largest absolute Gasteiger partial charge is 0.368 e. The highest BCUT2D eigenvalue weighted by Gasteiger charge is 2.17. The maximum absolute atomic E-state index is 5.34. The summed E-state index contributed by atoms with van der Waals surface area (Å²) in [6.07, 6.45) is 1.90. The molecule has 1 N–H and O–H groups in total. The zero-order valence-electron chi connectivity index (χ0n) is 11.4. The van der Waals surface area contributed by atoms with Crippen LogP contribution in [-0.2, 0) is 0 Å². The second-order valence-electron chi connectivity index (χ2n) is 5.06. The fourth-order valence-electron chi connectivity index (χ4n) is 2.64. The lowest BCUT2D eigenvalue weighted by molar-refractivity contribution is 0.390. The molecule has 3 nitrogen and oxygen atoms in total. The molecule has 1 saturated heterocycles. The first kappa shape index (κ1) is 13.5. The number of piperazine rings is 1. The van der Waals surface area contributed by atoms with E-state index in [1.165, 1.54) is 5.69 Å². The number of nitrogens with one attached hydrogen (secondary N) is 1. The van der Waals surface area contributed by atoms with Crippen molar-refractivity contribution in [1.82, 2.24) is 9.88 Å². The molecule has 2 aromatic rings. The number of benzene rings is 1. The molecular weight excluding hydrogens is 286 g/mol. The molecule has 20 heavy (non-hydrogen) atoms. The van der Waals surface area contributed by atoms with Gasteiger partial charge in [-0.25, -0.2) is 0 Å². The molecular formula is C15H17N3S2. The maximum atomic E-state index is 5.34. The lowest BCUT2D eigenvalue weighted by Gasteiger charge is -2.36. The van der Waals surface area contributed by atoms with E-state index in [2.05, 4.69) is 33.0 Å². The summed E-state index contributed by atoms with van der Waals surface area (Å²) in [5, 5.41) is 1.11. The van der Waals surface area contributed by atoms with Crippen molar-refractivity contribution in [2.45, 2.75) is 6.92 Å². The molecule has 0 aliphatic carbocycles. The molecule has 3 rings (SSSR count). The molecule has 0 spiro atoms. The Hall–Kier alpha value is -1.46. The number of H-pyrrole nitrogens is 1. The van der Waals surface area contributed by atoms with Gasteiger partial charge >= 0.3 is 0 Å². The van der Waals surface area contributed by atoms with E-state index >= 15 is 0 Å². The molecule has 1 fully saturated rings. The number of anilines is 1. The van der Waals surface area contributed by atoms with Crippen LogP contribution in [0.15, 0.2) is 30.5 Å². The molecule has 1 aliphatic heterocycles. The Kier molecular flexibility index (Phi) is 3.72. The highest BCUT2D eigenvalue weighted by Crippen LogP contribution is 2.22. The summed E-state index contributed by atoms with van der Waals surface area (Å²) in [4.78, 5) is 8.93. The van der Waals surface area contributed by atoms with Gasteiger partial charge in [-0.2, -0.15) is 0 Å². The van der Waals surface area contributed by atoms with E-state index in [-0.39, 0.29) is 0 Å². The SMILES string of the molecule is CC(=S)N1CCN(c2ccc3c(=S)cc[nH]c3c2)CC1. The van der Waals surface area contributed by atoms with Crippen molar-refractivity contribution in [3.63, 3.8) is 0 Å². The average molecular weight is 303 g/mol.